The van der Waals surface area contributed by atoms with Crippen molar-refractivity contribution < 1.29 is 0 Å². The highest BCUT2D eigenvalue weighted by atomic mass is 15.1. The maximum absolute atomic E-state index is 9.50. The third-order valence-corrected chi connectivity index (χ3v) is 8.92. The normalized spacial score (nSPS) is 11.5. The van der Waals surface area contributed by atoms with Crippen molar-refractivity contribution in [3.63, 3.8) is 0 Å². The highest BCUT2D eigenvalue weighted by molar-refractivity contribution is 6.23. The van der Waals surface area contributed by atoms with E-state index in [9.17, 15) is 5.26 Å². The molecular formula is C42H26N4. The van der Waals surface area contributed by atoms with Gasteiger partial charge in [-0.3, -0.25) is 4.57 Å². The van der Waals surface area contributed by atoms with Gasteiger partial charge < -0.3 is 4.90 Å². The number of imidazole rings is 1. The van der Waals surface area contributed by atoms with Crippen molar-refractivity contribution >= 4 is 60.4 Å². The predicted octanol–water partition coefficient (Wildman–Crippen LogP) is 10.9. The van der Waals surface area contributed by atoms with Gasteiger partial charge in [-0.15, -0.1) is 0 Å². The molecule has 0 aliphatic carbocycles. The lowest BCUT2D eigenvalue weighted by Crippen LogP contribution is -2.10. The first kappa shape index (κ1) is 26.0. The Morgan fingerprint density at radius 3 is 1.78 bits per heavy atom. The van der Waals surface area contributed by atoms with Gasteiger partial charge >= 0.3 is 0 Å². The smallest absolute Gasteiger partial charge is 0.145 e. The third kappa shape index (κ3) is 4.11. The SMILES string of the molecule is N#Cc1ccc(N(c2ccc(-c3nc4ccccc4n3-c3ccccc3)cc2)c2cc3ccc4cccc5ccc(c2)c3c45)cc1. The Balaban J connectivity index is 1.21. The Morgan fingerprint density at radius 1 is 0.522 bits per heavy atom. The van der Waals surface area contributed by atoms with Crippen LogP contribution in [0, 0.1) is 11.3 Å². The van der Waals surface area contributed by atoms with Gasteiger partial charge in [-0.1, -0.05) is 72.8 Å². The molecule has 0 N–H and O–H groups in total. The summed E-state index contributed by atoms with van der Waals surface area (Å²) in [4.78, 5) is 7.33. The molecule has 0 bridgehead atoms. The molecule has 0 amide bonds. The summed E-state index contributed by atoms with van der Waals surface area (Å²) >= 11 is 0. The van der Waals surface area contributed by atoms with Crippen LogP contribution in [0.25, 0.3) is 60.4 Å². The second-order valence-electron chi connectivity index (χ2n) is 11.6. The van der Waals surface area contributed by atoms with E-state index in [1.165, 1.54) is 32.3 Å². The van der Waals surface area contributed by atoms with Crippen molar-refractivity contribution in [1.29, 1.82) is 5.26 Å². The minimum atomic E-state index is 0.634. The lowest BCUT2D eigenvalue weighted by molar-refractivity contribution is 1.10. The number of nitrogens with zero attached hydrogens (tertiary/aromatic N) is 4. The van der Waals surface area contributed by atoms with Crippen LogP contribution in [-0.4, -0.2) is 9.55 Å². The van der Waals surface area contributed by atoms with Gasteiger partial charge in [-0.25, -0.2) is 4.98 Å². The molecule has 46 heavy (non-hydrogen) atoms. The first-order chi connectivity index (χ1) is 22.7. The molecule has 4 nitrogen and oxygen atoms in total. The van der Waals surface area contributed by atoms with Crippen molar-refractivity contribution in [1.82, 2.24) is 9.55 Å². The number of rotatable bonds is 5. The molecule has 1 heterocycles. The van der Waals surface area contributed by atoms with Crippen molar-refractivity contribution in [3.8, 4) is 23.1 Å². The summed E-state index contributed by atoms with van der Waals surface area (Å²) in [7, 11) is 0. The van der Waals surface area contributed by atoms with E-state index in [4.69, 9.17) is 4.98 Å². The summed E-state index contributed by atoms with van der Waals surface area (Å²) < 4.78 is 2.22. The highest BCUT2D eigenvalue weighted by Gasteiger charge is 2.18. The molecule has 0 unspecified atom stereocenters. The van der Waals surface area contributed by atoms with E-state index in [2.05, 4.69) is 137 Å². The van der Waals surface area contributed by atoms with E-state index in [-0.39, 0.29) is 0 Å². The Morgan fingerprint density at radius 2 is 1.11 bits per heavy atom. The lowest BCUT2D eigenvalue weighted by atomic mass is 9.93. The van der Waals surface area contributed by atoms with E-state index in [0.717, 1.165) is 45.2 Å². The van der Waals surface area contributed by atoms with Crippen LogP contribution >= 0.6 is 0 Å². The minimum absolute atomic E-state index is 0.634. The van der Waals surface area contributed by atoms with E-state index < -0.39 is 0 Å². The fraction of sp³-hybridized carbons (Fsp3) is 0. The van der Waals surface area contributed by atoms with E-state index in [1.807, 2.05) is 36.4 Å². The van der Waals surface area contributed by atoms with Gasteiger partial charge in [0.15, 0.2) is 0 Å². The first-order valence-corrected chi connectivity index (χ1v) is 15.4. The molecular weight excluding hydrogens is 560 g/mol. The van der Waals surface area contributed by atoms with Crippen LogP contribution in [0.1, 0.15) is 5.56 Å². The molecule has 214 valence electrons. The quantitative estimate of drug-likeness (QED) is 0.188. The summed E-state index contributed by atoms with van der Waals surface area (Å²) in [5, 5.41) is 17.0. The Bertz CT molecular complexity index is 2510. The van der Waals surface area contributed by atoms with Gasteiger partial charge in [0, 0.05) is 28.3 Å². The number of fused-ring (bicyclic) bond motifs is 1. The molecule has 0 aliphatic rings. The number of para-hydroxylation sites is 3. The topological polar surface area (TPSA) is 44.9 Å². The van der Waals surface area contributed by atoms with Crippen LogP contribution in [0.2, 0.25) is 0 Å². The summed E-state index contributed by atoms with van der Waals surface area (Å²) in [6, 6.07) is 57.2. The fourth-order valence-electron chi connectivity index (χ4n) is 6.82. The van der Waals surface area contributed by atoms with Crippen molar-refractivity contribution in [3.05, 3.63) is 163 Å². The standard InChI is InChI=1S/C42H26N4/c43-27-28-13-21-35(22-14-28)45(37-25-32-17-15-29-7-6-8-30-16-18-33(26-37)41(32)40(29)30)36-23-19-31(20-24-36)42-44-38-11-4-5-12-39(38)46(42)34-9-2-1-3-10-34/h1-26H. The molecule has 9 aromatic rings. The fourth-order valence-corrected chi connectivity index (χ4v) is 6.82. The zero-order valence-electron chi connectivity index (χ0n) is 24.8. The number of nitriles is 1. The largest absolute Gasteiger partial charge is 0.310 e. The molecule has 0 fully saturated rings. The molecule has 9 rings (SSSR count). The van der Waals surface area contributed by atoms with E-state index in [1.54, 1.807) is 0 Å². The molecule has 0 atom stereocenters. The maximum Gasteiger partial charge on any atom is 0.145 e. The summed E-state index contributed by atoms with van der Waals surface area (Å²) in [5.74, 6) is 0.895. The molecule has 0 aliphatic heterocycles. The third-order valence-electron chi connectivity index (χ3n) is 8.92. The lowest BCUT2D eigenvalue weighted by Gasteiger charge is -2.27. The number of hydrogen-bond donors (Lipinski definition) is 0. The average molecular weight is 587 g/mol. The number of aromatic nitrogens is 2. The number of hydrogen-bond acceptors (Lipinski definition) is 3. The van der Waals surface area contributed by atoms with Gasteiger partial charge in [0.05, 0.1) is 22.7 Å². The minimum Gasteiger partial charge on any atom is -0.310 e. The summed E-state index contributed by atoms with van der Waals surface area (Å²) in [5.41, 5.74) is 7.82. The van der Waals surface area contributed by atoms with Crippen LogP contribution in [-0.2, 0) is 0 Å². The highest BCUT2D eigenvalue weighted by Crippen LogP contribution is 2.42. The zero-order chi connectivity index (χ0) is 30.6. The van der Waals surface area contributed by atoms with Gasteiger partial charge in [0.25, 0.3) is 0 Å². The van der Waals surface area contributed by atoms with Crippen molar-refractivity contribution in [2.75, 3.05) is 4.90 Å². The Kier molecular flexibility index (Phi) is 5.84. The van der Waals surface area contributed by atoms with Gasteiger partial charge in [-0.05, 0) is 117 Å². The van der Waals surface area contributed by atoms with Crippen LogP contribution in [0.5, 0.6) is 0 Å². The molecule has 8 aromatic carbocycles. The molecule has 0 spiro atoms. The summed E-state index contributed by atoms with van der Waals surface area (Å²) in [6.07, 6.45) is 0. The molecule has 1 aromatic heterocycles. The van der Waals surface area contributed by atoms with Crippen molar-refractivity contribution in [2.45, 2.75) is 0 Å². The van der Waals surface area contributed by atoms with Crippen LogP contribution in [0.15, 0.2) is 158 Å². The average Bonchev–Trinajstić information content (AvgIpc) is 3.51. The molecule has 0 radical (unpaired) electrons. The number of benzene rings is 8. The number of anilines is 3. The zero-order valence-corrected chi connectivity index (χ0v) is 24.8. The Hall–Kier alpha value is -6.44. The molecule has 4 heteroatoms. The monoisotopic (exact) mass is 586 g/mol. The van der Waals surface area contributed by atoms with E-state index >= 15 is 0 Å². The van der Waals surface area contributed by atoms with Gasteiger partial charge in [0.2, 0.25) is 0 Å². The summed E-state index contributed by atoms with van der Waals surface area (Å²) in [6.45, 7) is 0. The first-order valence-electron chi connectivity index (χ1n) is 15.4. The molecule has 0 saturated heterocycles. The van der Waals surface area contributed by atoms with E-state index in [0.29, 0.717) is 5.56 Å². The van der Waals surface area contributed by atoms with Gasteiger partial charge in [-0.2, -0.15) is 5.26 Å². The second kappa shape index (κ2) is 10.3. The maximum atomic E-state index is 9.50. The van der Waals surface area contributed by atoms with Gasteiger partial charge in [0.1, 0.15) is 5.82 Å². The second-order valence-corrected chi connectivity index (χ2v) is 11.6. The molecule has 0 saturated carbocycles. The Labute approximate surface area is 266 Å². The van der Waals surface area contributed by atoms with Crippen molar-refractivity contribution in [2.24, 2.45) is 0 Å². The van der Waals surface area contributed by atoms with Crippen LogP contribution in [0.4, 0.5) is 17.1 Å². The van der Waals surface area contributed by atoms with Crippen LogP contribution < -0.4 is 4.90 Å². The van der Waals surface area contributed by atoms with Crippen LogP contribution in [0.3, 0.4) is 0 Å². The predicted molar refractivity (Wildman–Crippen MR) is 190 cm³/mol.